The zero-order valence-electron chi connectivity index (χ0n) is 16.2. The number of nitriles is 1. The number of hydrogen-bond acceptors (Lipinski definition) is 4. The van der Waals surface area contributed by atoms with E-state index in [-0.39, 0.29) is 5.57 Å². The summed E-state index contributed by atoms with van der Waals surface area (Å²) in [6.07, 6.45) is 1.55. The molecule has 0 radical (unpaired) electrons. The first-order valence-corrected chi connectivity index (χ1v) is 9.20. The molecule has 0 fully saturated rings. The highest BCUT2D eigenvalue weighted by Gasteiger charge is 2.16. The predicted molar refractivity (Wildman–Crippen MR) is 113 cm³/mol. The molecule has 0 atom stereocenters. The van der Waals surface area contributed by atoms with Crippen molar-refractivity contribution >= 4 is 29.3 Å². The van der Waals surface area contributed by atoms with Crippen LogP contribution in [0.25, 0.3) is 11.8 Å². The second-order valence-electron chi connectivity index (χ2n) is 6.31. The van der Waals surface area contributed by atoms with Crippen LogP contribution >= 0.6 is 11.6 Å². The molecular weight excluding hydrogens is 388 g/mol. The molecule has 0 spiro atoms. The van der Waals surface area contributed by atoms with Gasteiger partial charge < -0.3 is 10.1 Å². The summed E-state index contributed by atoms with van der Waals surface area (Å²) in [5, 5.41) is 17.1. The summed E-state index contributed by atoms with van der Waals surface area (Å²) in [5.41, 5.74) is 3.63. The molecule has 0 saturated heterocycles. The molecule has 1 aromatic heterocycles. The minimum absolute atomic E-state index is 0.0317. The molecule has 0 unspecified atom stereocenters. The van der Waals surface area contributed by atoms with Crippen molar-refractivity contribution in [1.82, 2.24) is 9.78 Å². The lowest BCUT2D eigenvalue weighted by Gasteiger charge is -2.08. The third-order valence-corrected chi connectivity index (χ3v) is 4.71. The maximum atomic E-state index is 12.6. The highest BCUT2D eigenvalue weighted by atomic mass is 35.5. The number of para-hydroxylation sites is 1. The van der Waals surface area contributed by atoms with Crippen LogP contribution in [0.2, 0.25) is 5.02 Å². The van der Waals surface area contributed by atoms with Crippen LogP contribution in [0.4, 0.5) is 5.69 Å². The molecule has 7 heteroatoms. The lowest BCUT2D eigenvalue weighted by Crippen LogP contribution is -2.13. The average Bonchev–Trinajstić information content (AvgIpc) is 3.00. The molecule has 29 heavy (non-hydrogen) atoms. The second-order valence-corrected chi connectivity index (χ2v) is 6.71. The van der Waals surface area contributed by atoms with Gasteiger partial charge >= 0.3 is 0 Å². The van der Waals surface area contributed by atoms with E-state index in [1.807, 2.05) is 50.2 Å². The molecule has 1 heterocycles. The lowest BCUT2D eigenvalue weighted by molar-refractivity contribution is -0.112. The largest absolute Gasteiger partial charge is 0.495 e. The normalized spacial score (nSPS) is 11.1. The Morgan fingerprint density at radius 1 is 1.24 bits per heavy atom. The Morgan fingerprint density at radius 2 is 1.97 bits per heavy atom. The Labute approximate surface area is 174 Å². The second kappa shape index (κ2) is 8.63. The fourth-order valence-corrected chi connectivity index (χ4v) is 3.18. The molecule has 1 N–H and O–H groups in total. The monoisotopic (exact) mass is 406 g/mol. The van der Waals surface area contributed by atoms with E-state index < -0.39 is 5.91 Å². The van der Waals surface area contributed by atoms with Crippen molar-refractivity contribution in [2.45, 2.75) is 13.8 Å². The third kappa shape index (κ3) is 4.31. The summed E-state index contributed by atoms with van der Waals surface area (Å²) in [5.74, 6) is -0.0275. The zero-order chi connectivity index (χ0) is 21.0. The first kappa shape index (κ1) is 20.2. The van der Waals surface area contributed by atoms with Crippen molar-refractivity contribution in [2.24, 2.45) is 0 Å². The molecule has 146 valence electrons. The van der Waals surface area contributed by atoms with Crippen molar-refractivity contribution in [3.05, 3.63) is 76.1 Å². The van der Waals surface area contributed by atoms with Crippen molar-refractivity contribution in [3.8, 4) is 17.5 Å². The van der Waals surface area contributed by atoms with Gasteiger partial charge in [0.1, 0.15) is 17.4 Å². The van der Waals surface area contributed by atoms with Gasteiger partial charge in [-0.25, -0.2) is 4.68 Å². The van der Waals surface area contributed by atoms with Gasteiger partial charge in [0.15, 0.2) is 0 Å². The zero-order valence-corrected chi connectivity index (χ0v) is 17.0. The number of aryl methyl sites for hydroxylation is 1. The summed E-state index contributed by atoms with van der Waals surface area (Å²) >= 11 is 6.09. The molecule has 3 rings (SSSR count). The van der Waals surface area contributed by atoms with Gasteiger partial charge in [-0.1, -0.05) is 29.8 Å². The first-order chi connectivity index (χ1) is 13.9. The van der Waals surface area contributed by atoms with E-state index in [1.54, 1.807) is 29.0 Å². The molecule has 3 aromatic rings. The number of carbonyl (C=O) groups is 1. The Hall–Kier alpha value is -3.56. The van der Waals surface area contributed by atoms with E-state index in [2.05, 4.69) is 10.4 Å². The standard InChI is InChI=1S/C22H19ClN4O2/c1-14-19(15(2)27(26-14)18-7-5-4-6-8-18)11-16(13-24)22(28)25-17-9-10-21(29-3)20(23)12-17/h4-12H,1-3H3,(H,25,28)/b16-11+. The lowest BCUT2D eigenvalue weighted by atomic mass is 10.1. The number of nitrogens with one attached hydrogen (secondary N) is 1. The molecule has 0 aliphatic rings. The number of anilines is 1. The van der Waals surface area contributed by atoms with Gasteiger partial charge in [-0.3, -0.25) is 4.79 Å². The maximum absolute atomic E-state index is 12.6. The number of benzene rings is 2. The highest BCUT2D eigenvalue weighted by Crippen LogP contribution is 2.27. The average molecular weight is 407 g/mol. The van der Waals surface area contributed by atoms with Gasteiger partial charge in [0.05, 0.1) is 23.5 Å². The third-order valence-electron chi connectivity index (χ3n) is 4.41. The van der Waals surface area contributed by atoms with E-state index in [0.717, 1.165) is 22.6 Å². The smallest absolute Gasteiger partial charge is 0.266 e. The van der Waals surface area contributed by atoms with Gasteiger partial charge in [0.2, 0.25) is 0 Å². The number of methoxy groups -OCH3 is 1. The number of hydrogen-bond donors (Lipinski definition) is 1. The molecule has 0 bridgehead atoms. The molecule has 0 aliphatic carbocycles. The van der Waals surface area contributed by atoms with Crippen LogP contribution in [0.5, 0.6) is 5.75 Å². The molecule has 0 saturated carbocycles. The molecule has 2 aromatic carbocycles. The van der Waals surface area contributed by atoms with Crippen LogP contribution in [-0.2, 0) is 4.79 Å². The summed E-state index contributed by atoms with van der Waals surface area (Å²) < 4.78 is 6.89. The van der Waals surface area contributed by atoms with Crippen molar-refractivity contribution in [2.75, 3.05) is 12.4 Å². The molecule has 1 amide bonds. The number of rotatable bonds is 5. The predicted octanol–water partition coefficient (Wildman–Crippen LogP) is 4.70. The first-order valence-electron chi connectivity index (χ1n) is 8.83. The summed E-state index contributed by atoms with van der Waals surface area (Å²) in [6, 6.07) is 16.5. The summed E-state index contributed by atoms with van der Waals surface area (Å²) in [7, 11) is 1.51. The minimum Gasteiger partial charge on any atom is -0.495 e. The highest BCUT2D eigenvalue weighted by molar-refractivity contribution is 6.32. The summed E-state index contributed by atoms with van der Waals surface area (Å²) in [6.45, 7) is 3.74. The van der Waals surface area contributed by atoms with E-state index in [1.165, 1.54) is 7.11 Å². The molecule has 0 aliphatic heterocycles. The fraction of sp³-hybridized carbons (Fsp3) is 0.136. The number of ether oxygens (including phenoxy) is 1. The van der Waals surface area contributed by atoms with Gasteiger partial charge in [0.25, 0.3) is 5.91 Å². The van der Waals surface area contributed by atoms with Crippen molar-refractivity contribution in [3.63, 3.8) is 0 Å². The van der Waals surface area contributed by atoms with Crippen LogP contribution < -0.4 is 10.1 Å². The van der Waals surface area contributed by atoms with Gasteiger partial charge in [-0.15, -0.1) is 0 Å². The SMILES string of the molecule is COc1ccc(NC(=O)/C(C#N)=C/c2c(C)nn(-c3ccccc3)c2C)cc1Cl. The van der Waals surface area contributed by atoms with Crippen LogP contribution in [0.3, 0.4) is 0 Å². The van der Waals surface area contributed by atoms with E-state index in [9.17, 15) is 10.1 Å². The van der Waals surface area contributed by atoms with Gasteiger partial charge in [-0.05, 0) is 50.3 Å². The van der Waals surface area contributed by atoms with Crippen LogP contribution in [0.15, 0.2) is 54.1 Å². The van der Waals surface area contributed by atoms with E-state index >= 15 is 0 Å². The minimum atomic E-state index is -0.528. The van der Waals surface area contributed by atoms with Crippen molar-refractivity contribution in [1.29, 1.82) is 5.26 Å². The summed E-state index contributed by atoms with van der Waals surface area (Å²) in [4.78, 5) is 12.6. The van der Waals surface area contributed by atoms with Crippen molar-refractivity contribution < 1.29 is 9.53 Å². The maximum Gasteiger partial charge on any atom is 0.266 e. The topological polar surface area (TPSA) is 79.9 Å². The number of carbonyl (C=O) groups excluding carboxylic acids is 1. The Balaban J connectivity index is 1.90. The number of aromatic nitrogens is 2. The van der Waals surface area contributed by atoms with Crippen LogP contribution in [-0.4, -0.2) is 22.8 Å². The van der Waals surface area contributed by atoms with Gasteiger partial charge in [-0.2, -0.15) is 10.4 Å². The molecule has 6 nitrogen and oxygen atoms in total. The number of halogens is 1. The van der Waals surface area contributed by atoms with Crippen LogP contribution in [0, 0.1) is 25.2 Å². The van der Waals surface area contributed by atoms with Gasteiger partial charge in [0, 0.05) is 16.9 Å². The Bertz CT molecular complexity index is 1130. The Morgan fingerprint density at radius 3 is 2.59 bits per heavy atom. The van der Waals surface area contributed by atoms with Crippen LogP contribution in [0.1, 0.15) is 17.0 Å². The van der Waals surface area contributed by atoms with E-state index in [0.29, 0.717) is 16.5 Å². The Kier molecular flexibility index (Phi) is 6.01. The van der Waals surface area contributed by atoms with E-state index in [4.69, 9.17) is 16.3 Å². The quantitative estimate of drug-likeness (QED) is 0.492. The number of amides is 1. The molecular formula is C22H19ClN4O2. The fourth-order valence-electron chi connectivity index (χ4n) is 2.92. The number of nitrogens with zero attached hydrogens (tertiary/aromatic N) is 3.